The number of hydrogen-bond acceptors (Lipinski definition) is 1. The van der Waals surface area contributed by atoms with Crippen molar-refractivity contribution in [2.75, 3.05) is 0 Å². The largest absolute Gasteiger partial charge is 0.481 e. The van der Waals surface area contributed by atoms with Crippen LogP contribution >= 0.6 is 0 Å². The first-order valence-corrected chi connectivity index (χ1v) is 7.54. The third kappa shape index (κ3) is 2.25. The van der Waals surface area contributed by atoms with E-state index in [0.717, 1.165) is 12.0 Å². The van der Waals surface area contributed by atoms with Crippen molar-refractivity contribution in [3.63, 3.8) is 0 Å². The third-order valence-corrected chi connectivity index (χ3v) is 4.88. The molecule has 2 heteroatoms. The van der Waals surface area contributed by atoms with Gasteiger partial charge in [0.25, 0.3) is 0 Å². The maximum absolute atomic E-state index is 12.1. The molecular weight excluding hydrogens is 260 g/mol. The van der Waals surface area contributed by atoms with Crippen LogP contribution in [0.1, 0.15) is 36.8 Å². The fraction of sp³-hybridized carbons (Fsp3) is 0.316. The van der Waals surface area contributed by atoms with Gasteiger partial charge in [0.15, 0.2) is 0 Å². The monoisotopic (exact) mass is 280 g/mol. The summed E-state index contributed by atoms with van der Waals surface area (Å²) in [4.78, 5) is 12.1. The van der Waals surface area contributed by atoms with Crippen LogP contribution < -0.4 is 0 Å². The Hall–Kier alpha value is -2.09. The van der Waals surface area contributed by atoms with Crippen LogP contribution in [-0.2, 0) is 10.2 Å². The molecule has 108 valence electrons. The minimum absolute atomic E-state index is 0.185. The van der Waals surface area contributed by atoms with Crippen molar-refractivity contribution in [1.29, 1.82) is 0 Å². The Morgan fingerprint density at radius 2 is 1.67 bits per heavy atom. The number of hydrogen-bond donors (Lipinski definition) is 1. The summed E-state index contributed by atoms with van der Waals surface area (Å²) in [5, 5.41) is 9.95. The van der Waals surface area contributed by atoms with Crippen molar-refractivity contribution >= 4 is 5.97 Å². The van der Waals surface area contributed by atoms with E-state index in [9.17, 15) is 9.90 Å². The zero-order valence-corrected chi connectivity index (χ0v) is 12.2. The smallest absolute Gasteiger partial charge is 0.314 e. The Labute approximate surface area is 125 Å². The number of carboxylic acids is 1. The summed E-state index contributed by atoms with van der Waals surface area (Å²) in [7, 11) is 0. The molecule has 3 atom stereocenters. The Balaban J connectivity index is 1.98. The third-order valence-electron chi connectivity index (χ3n) is 4.88. The average Bonchev–Trinajstić information content (AvgIpc) is 3.31. The molecule has 0 bridgehead atoms. The van der Waals surface area contributed by atoms with Crippen LogP contribution in [0.25, 0.3) is 0 Å². The normalized spacial score (nSPS) is 23.3. The second-order valence-electron chi connectivity index (χ2n) is 5.86. The summed E-state index contributed by atoms with van der Waals surface area (Å²) < 4.78 is 0. The molecule has 0 heterocycles. The molecule has 0 radical (unpaired) electrons. The van der Waals surface area contributed by atoms with E-state index in [1.807, 2.05) is 55.5 Å². The van der Waals surface area contributed by atoms with Crippen LogP contribution in [0.2, 0.25) is 0 Å². The summed E-state index contributed by atoms with van der Waals surface area (Å²) in [5.41, 5.74) is 1.43. The number of carbonyl (C=O) groups is 1. The van der Waals surface area contributed by atoms with Crippen molar-refractivity contribution in [2.45, 2.75) is 31.1 Å². The Bertz CT molecular complexity index is 621. The molecule has 1 aliphatic carbocycles. The number of benzene rings is 2. The van der Waals surface area contributed by atoms with Crippen molar-refractivity contribution in [1.82, 2.24) is 0 Å². The molecular formula is C19H20O2. The molecule has 1 aliphatic rings. The minimum atomic E-state index is -0.762. The van der Waals surface area contributed by atoms with Gasteiger partial charge < -0.3 is 5.11 Å². The fourth-order valence-corrected chi connectivity index (χ4v) is 3.66. The highest BCUT2D eigenvalue weighted by Gasteiger charge is 2.57. The van der Waals surface area contributed by atoms with Gasteiger partial charge in [0.05, 0.1) is 5.41 Å². The van der Waals surface area contributed by atoms with Gasteiger partial charge in [-0.2, -0.15) is 0 Å². The fourth-order valence-electron chi connectivity index (χ4n) is 3.66. The van der Waals surface area contributed by atoms with Crippen molar-refractivity contribution < 1.29 is 9.90 Å². The van der Waals surface area contributed by atoms with Gasteiger partial charge in [-0.3, -0.25) is 4.79 Å². The lowest BCUT2D eigenvalue weighted by Gasteiger charge is -2.29. The van der Waals surface area contributed by atoms with Gasteiger partial charge in [0, 0.05) is 0 Å². The van der Waals surface area contributed by atoms with Crippen molar-refractivity contribution in [2.24, 2.45) is 5.92 Å². The second kappa shape index (κ2) is 5.36. The number of carboxylic acid groups (broad SMARTS) is 1. The van der Waals surface area contributed by atoms with Crippen molar-refractivity contribution in [3.8, 4) is 0 Å². The summed E-state index contributed by atoms with van der Waals surface area (Å²) >= 11 is 0. The first-order chi connectivity index (χ1) is 10.2. The molecule has 0 aliphatic heterocycles. The van der Waals surface area contributed by atoms with Crippen LogP contribution in [0, 0.1) is 5.92 Å². The van der Waals surface area contributed by atoms with E-state index in [0.29, 0.717) is 12.3 Å². The van der Waals surface area contributed by atoms with Crippen molar-refractivity contribution in [3.05, 3.63) is 71.8 Å². The van der Waals surface area contributed by atoms with E-state index in [1.54, 1.807) is 0 Å². The molecule has 1 fully saturated rings. The van der Waals surface area contributed by atoms with Crippen LogP contribution in [0.4, 0.5) is 0 Å². The lowest BCUT2D eigenvalue weighted by Crippen LogP contribution is -2.38. The maximum atomic E-state index is 12.1. The van der Waals surface area contributed by atoms with Gasteiger partial charge in [-0.25, -0.2) is 0 Å². The highest BCUT2D eigenvalue weighted by molar-refractivity contribution is 5.83. The van der Waals surface area contributed by atoms with E-state index >= 15 is 0 Å². The Morgan fingerprint density at radius 1 is 1.10 bits per heavy atom. The van der Waals surface area contributed by atoms with E-state index in [4.69, 9.17) is 0 Å². The van der Waals surface area contributed by atoms with Gasteiger partial charge in [0.1, 0.15) is 0 Å². The van der Waals surface area contributed by atoms with E-state index in [2.05, 4.69) is 12.1 Å². The molecule has 2 aromatic rings. The van der Waals surface area contributed by atoms with Crippen LogP contribution in [0.5, 0.6) is 0 Å². The van der Waals surface area contributed by atoms with Crippen LogP contribution in [0.3, 0.4) is 0 Å². The molecule has 0 amide bonds. The van der Waals surface area contributed by atoms with E-state index in [1.165, 1.54) is 5.56 Å². The first-order valence-electron chi connectivity index (χ1n) is 7.54. The molecule has 3 unspecified atom stereocenters. The topological polar surface area (TPSA) is 37.3 Å². The average molecular weight is 280 g/mol. The standard InChI is InChI=1S/C19H20O2/c1-2-19(18(20)21,15-11-7-4-8-12-15)17-13-16(17)14-9-5-3-6-10-14/h3-12,16-17H,2,13H2,1H3,(H,20,21). The van der Waals surface area contributed by atoms with Gasteiger partial charge in [-0.05, 0) is 35.8 Å². The molecule has 3 rings (SSSR count). The summed E-state index contributed by atoms with van der Waals surface area (Å²) in [6.07, 6.45) is 1.58. The minimum Gasteiger partial charge on any atom is -0.481 e. The van der Waals surface area contributed by atoms with Crippen LogP contribution in [-0.4, -0.2) is 11.1 Å². The molecule has 1 N–H and O–H groups in total. The van der Waals surface area contributed by atoms with E-state index < -0.39 is 11.4 Å². The Morgan fingerprint density at radius 3 is 2.19 bits per heavy atom. The summed E-state index contributed by atoms with van der Waals surface area (Å²) in [6, 6.07) is 20.0. The predicted octanol–water partition coefficient (Wildman–Crippen LogP) is 4.22. The second-order valence-corrected chi connectivity index (χ2v) is 5.86. The molecule has 1 saturated carbocycles. The van der Waals surface area contributed by atoms with Crippen LogP contribution in [0.15, 0.2) is 60.7 Å². The zero-order valence-electron chi connectivity index (χ0n) is 12.2. The van der Waals surface area contributed by atoms with Gasteiger partial charge in [-0.1, -0.05) is 67.6 Å². The highest BCUT2D eigenvalue weighted by atomic mass is 16.4. The quantitative estimate of drug-likeness (QED) is 0.890. The summed E-state index contributed by atoms with van der Waals surface area (Å²) in [6.45, 7) is 1.99. The molecule has 0 spiro atoms. The highest BCUT2D eigenvalue weighted by Crippen LogP contribution is 2.59. The van der Waals surface area contributed by atoms with Gasteiger partial charge in [0.2, 0.25) is 0 Å². The summed E-state index contributed by atoms with van der Waals surface area (Å²) in [5.74, 6) is -0.146. The SMILES string of the molecule is CCC(C(=O)O)(c1ccccc1)C1CC1c1ccccc1. The first kappa shape index (κ1) is 13.9. The number of rotatable bonds is 5. The Kier molecular flexibility index (Phi) is 3.54. The van der Waals surface area contributed by atoms with E-state index in [-0.39, 0.29) is 5.92 Å². The zero-order chi connectivity index (χ0) is 14.9. The van der Waals surface area contributed by atoms with Gasteiger partial charge >= 0.3 is 5.97 Å². The molecule has 0 aromatic heterocycles. The molecule has 0 saturated heterocycles. The lowest BCUT2D eigenvalue weighted by atomic mass is 9.72. The van der Waals surface area contributed by atoms with Gasteiger partial charge in [-0.15, -0.1) is 0 Å². The number of aliphatic carboxylic acids is 1. The molecule has 21 heavy (non-hydrogen) atoms. The maximum Gasteiger partial charge on any atom is 0.314 e. The molecule has 2 aromatic carbocycles. The predicted molar refractivity (Wildman–Crippen MR) is 83.3 cm³/mol. The molecule has 2 nitrogen and oxygen atoms in total. The lowest BCUT2D eigenvalue weighted by molar-refractivity contribution is -0.145.